The minimum Gasteiger partial charge on any atom is -0.452 e. The molecule has 0 aliphatic heterocycles. The summed E-state index contributed by atoms with van der Waals surface area (Å²) in [6.45, 7) is 3.26. The lowest BCUT2D eigenvalue weighted by molar-refractivity contribution is -0.119. The second-order valence-electron chi connectivity index (χ2n) is 6.96. The lowest BCUT2D eigenvalue weighted by atomic mass is 10.2. The number of hydrogen-bond acceptors (Lipinski definition) is 7. The fraction of sp³-hybridized carbons (Fsp3) is 0.190. The number of nitrogens with one attached hydrogen (secondary N) is 1. The maximum Gasteiger partial charge on any atom is 0.344 e. The molecule has 4 rings (SSSR count). The van der Waals surface area contributed by atoms with Crippen molar-refractivity contribution in [3.8, 4) is 0 Å². The van der Waals surface area contributed by atoms with Gasteiger partial charge < -0.3 is 9.30 Å². The number of nitrogens with zero attached hydrogens (tertiary/aromatic N) is 3. The van der Waals surface area contributed by atoms with Crippen LogP contribution in [-0.2, 0) is 16.1 Å². The van der Waals surface area contributed by atoms with Crippen molar-refractivity contribution in [1.82, 2.24) is 14.5 Å². The first-order chi connectivity index (χ1) is 15.7. The monoisotopic (exact) mass is 476 g/mol. The van der Waals surface area contributed by atoms with Crippen LogP contribution in [0.15, 0.2) is 29.2 Å². The smallest absolute Gasteiger partial charge is 0.344 e. The Morgan fingerprint density at radius 3 is 2.67 bits per heavy atom. The van der Waals surface area contributed by atoms with Crippen molar-refractivity contribution < 1.29 is 27.5 Å². The van der Waals surface area contributed by atoms with Gasteiger partial charge in [-0.3, -0.25) is 14.9 Å². The number of anilines is 1. The third kappa shape index (κ3) is 4.16. The van der Waals surface area contributed by atoms with E-state index in [0.29, 0.717) is 29.2 Å². The highest BCUT2D eigenvalue weighted by molar-refractivity contribution is 7.22. The average molecular weight is 476 g/mol. The number of halogens is 3. The molecule has 170 valence electrons. The first-order valence-corrected chi connectivity index (χ1v) is 10.4. The van der Waals surface area contributed by atoms with Gasteiger partial charge in [-0.1, -0.05) is 11.3 Å². The van der Waals surface area contributed by atoms with Crippen LogP contribution in [-0.4, -0.2) is 33.0 Å². The van der Waals surface area contributed by atoms with Crippen LogP contribution < -0.4 is 10.7 Å². The highest BCUT2D eigenvalue weighted by Gasteiger charge is 2.20. The molecule has 8 nitrogen and oxygen atoms in total. The SMILES string of the molecule is CCn1cc(C(=O)OCC(=O)Nc2nc3c(F)c(F)c(F)cc3s2)c(=O)c2ccc(C)nc21. The van der Waals surface area contributed by atoms with Gasteiger partial charge in [-0.2, -0.15) is 0 Å². The molecular formula is C21H15F3N4O4S. The number of benzene rings is 1. The first kappa shape index (κ1) is 22.4. The number of aryl methyl sites for hydroxylation is 2. The summed E-state index contributed by atoms with van der Waals surface area (Å²) in [7, 11) is 0. The molecule has 4 aromatic rings. The van der Waals surface area contributed by atoms with Crippen molar-refractivity contribution >= 4 is 49.6 Å². The Kier molecular flexibility index (Phi) is 5.85. The van der Waals surface area contributed by atoms with Crippen LogP contribution in [0.1, 0.15) is 23.0 Å². The summed E-state index contributed by atoms with van der Waals surface area (Å²) in [6, 6.07) is 3.97. The van der Waals surface area contributed by atoms with Crippen LogP contribution in [0.25, 0.3) is 21.3 Å². The van der Waals surface area contributed by atoms with Crippen LogP contribution >= 0.6 is 11.3 Å². The summed E-state index contributed by atoms with van der Waals surface area (Å²) in [6.07, 6.45) is 1.32. The number of carbonyl (C=O) groups is 2. The Hall–Kier alpha value is -3.80. The van der Waals surface area contributed by atoms with E-state index in [1.54, 1.807) is 23.6 Å². The number of thiazole rings is 1. The zero-order valence-corrected chi connectivity index (χ0v) is 18.1. The molecule has 0 bridgehead atoms. The first-order valence-electron chi connectivity index (χ1n) is 9.61. The molecule has 0 fully saturated rings. The summed E-state index contributed by atoms with van der Waals surface area (Å²) in [4.78, 5) is 45.4. The van der Waals surface area contributed by atoms with E-state index in [1.807, 2.05) is 6.92 Å². The fourth-order valence-electron chi connectivity index (χ4n) is 3.14. The molecule has 1 N–H and O–H groups in total. The number of aromatic nitrogens is 3. The highest BCUT2D eigenvalue weighted by atomic mass is 32.1. The molecule has 0 aliphatic carbocycles. The van der Waals surface area contributed by atoms with Gasteiger partial charge in [-0.15, -0.1) is 0 Å². The standard InChI is InChI=1S/C21H15F3N4O4S/c1-3-28-7-11(18(30)10-5-4-9(2)25-19(10)28)20(31)32-8-14(29)26-21-27-17-13(33-21)6-12(22)15(23)16(17)24/h4-7H,3,8H2,1-2H3,(H,26,27,29). The van der Waals surface area contributed by atoms with Crippen molar-refractivity contribution in [2.45, 2.75) is 20.4 Å². The molecule has 0 saturated carbocycles. The van der Waals surface area contributed by atoms with Gasteiger partial charge in [0.2, 0.25) is 5.43 Å². The maximum absolute atomic E-state index is 13.8. The Morgan fingerprint density at radius 2 is 1.94 bits per heavy atom. The van der Waals surface area contributed by atoms with Crippen molar-refractivity contribution in [3.63, 3.8) is 0 Å². The molecule has 12 heteroatoms. The molecule has 0 radical (unpaired) electrons. The van der Waals surface area contributed by atoms with Gasteiger partial charge in [0, 0.05) is 18.4 Å². The summed E-state index contributed by atoms with van der Waals surface area (Å²) < 4.78 is 47.0. The van der Waals surface area contributed by atoms with Gasteiger partial charge in [0.25, 0.3) is 5.91 Å². The van der Waals surface area contributed by atoms with E-state index in [4.69, 9.17) is 4.74 Å². The Morgan fingerprint density at radius 1 is 1.18 bits per heavy atom. The van der Waals surface area contributed by atoms with E-state index in [1.165, 1.54) is 6.20 Å². The lowest BCUT2D eigenvalue weighted by Crippen LogP contribution is -2.25. The van der Waals surface area contributed by atoms with E-state index < -0.39 is 46.9 Å². The van der Waals surface area contributed by atoms with E-state index in [-0.39, 0.29) is 20.8 Å². The largest absolute Gasteiger partial charge is 0.452 e. The average Bonchev–Trinajstić information content (AvgIpc) is 3.18. The number of esters is 1. The molecule has 0 atom stereocenters. The normalized spacial score (nSPS) is 11.2. The molecular weight excluding hydrogens is 461 g/mol. The Balaban J connectivity index is 1.51. The number of hydrogen-bond donors (Lipinski definition) is 1. The summed E-state index contributed by atoms with van der Waals surface area (Å²) in [5, 5.41) is 2.35. The number of rotatable bonds is 5. The third-order valence-electron chi connectivity index (χ3n) is 4.72. The second-order valence-corrected chi connectivity index (χ2v) is 7.99. The Bertz CT molecular complexity index is 1500. The van der Waals surface area contributed by atoms with Crippen LogP contribution in [0.2, 0.25) is 0 Å². The molecule has 0 saturated heterocycles. The number of carbonyl (C=O) groups excluding carboxylic acids is 2. The molecule has 1 amide bonds. The predicted octanol–water partition coefficient (Wildman–Crippen LogP) is 3.55. The highest BCUT2D eigenvalue weighted by Crippen LogP contribution is 2.30. The minimum absolute atomic E-state index is 0.0150. The van der Waals surface area contributed by atoms with Crippen molar-refractivity contribution in [2.24, 2.45) is 0 Å². The summed E-state index contributed by atoms with van der Waals surface area (Å²) in [5.74, 6) is -6.37. The van der Waals surface area contributed by atoms with Gasteiger partial charge >= 0.3 is 5.97 Å². The topological polar surface area (TPSA) is 103 Å². The molecule has 33 heavy (non-hydrogen) atoms. The fourth-order valence-corrected chi connectivity index (χ4v) is 4.04. The van der Waals surface area contributed by atoms with E-state index in [0.717, 1.165) is 6.07 Å². The molecule has 0 spiro atoms. The van der Waals surface area contributed by atoms with Crippen LogP contribution in [0, 0.1) is 24.4 Å². The van der Waals surface area contributed by atoms with Crippen LogP contribution in [0.3, 0.4) is 0 Å². The van der Waals surface area contributed by atoms with Gasteiger partial charge in [-0.05, 0) is 32.0 Å². The van der Waals surface area contributed by atoms with E-state index in [9.17, 15) is 27.6 Å². The zero-order valence-electron chi connectivity index (χ0n) is 17.2. The van der Waals surface area contributed by atoms with Gasteiger partial charge in [0.15, 0.2) is 29.2 Å². The summed E-state index contributed by atoms with van der Waals surface area (Å²) in [5.41, 5.74) is -0.163. The zero-order chi connectivity index (χ0) is 23.9. The maximum atomic E-state index is 13.8. The number of ether oxygens (including phenoxy) is 1. The van der Waals surface area contributed by atoms with Gasteiger partial charge in [0.05, 0.1) is 10.1 Å². The van der Waals surface area contributed by atoms with Gasteiger partial charge in [0.1, 0.15) is 16.7 Å². The lowest BCUT2D eigenvalue weighted by Gasteiger charge is -2.11. The van der Waals surface area contributed by atoms with E-state index >= 15 is 0 Å². The van der Waals surface area contributed by atoms with Crippen LogP contribution in [0.5, 0.6) is 0 Å². The predicted molar refractivity (Wildman–Crippen MR) is 115 cm³/mol. The molecule has 0 aliphatic rings. The molecule has 3 aromatic heterocycles. The number of amides is 1. The van der Waals surface area contributed by atoms with Gasteiger partial charge in [-0.25, -0.2) is 27.9 Å². The van der Waals surface area contributed by atoms with Crippen molar-refractivity contribution in [3.05, 3.63) is 63.3 Å². The molecule has 3 heterocycles. The minimum atomic E-state index is -1.67. The Labute approximate surface area is 187 Å². The van der Waals surface area contributed by atoms with Crippen molar-refractivity contribution in [2.75, 3.05) is 11.9 Å². The number of pyridine rings is 2. The summed E-state index contributed by atoms with van der Waals surface area (Å²) >= 11 is 0.713. The van der Waals surface area contributed by atoms with Crippen LogP contribution in [0.4, 0.5) is 18.3 Å². The third-order valence-corrected chi connectivity index (χ3v) is 5.64. The van der Waals surface area contributed by atoms with E-state index in [2.05, 4.69) is 15.3 Å². The second kappa shape index (κ2) is 8.62. The molecule has 1 aromatic carbocycles. The molecule has 0 unspecified atom stereocenters. The van der Waals surface area contributed by atoms with Crippen molar-refractivity contribution in [1.29, 1.82) is 0 Å². The quantitative estimate of drug-likeness (QED) is 0.349. The number of fused-ring (bicyclic) bond motifs is 2.